The van der Waals surface area contributed by atoms with Gasteiger partial charge in [0.1, 0.15) is 0 Å². The second-order valence-corrected chi connectivity index (χ2v) is 7.00. The van der Waals surface area contributed by atoms with Crippen molar-refractivity contribution in [3.63, 3.8) is 0 Å². The van der Waals surface area contributed by atoms with Gasteiger partial charge in [-0.3, -0.25) is 0 Å². The van der Waals surface area contributed by atoms with Gasteiger partial charge in [0, 0.05) is 49.6 Å². The maximum atomic E-state index is 13.1. The normalized spacial score (nSPS) is 15.2. The molecule has 1 aliphatic heterocycles. The third kappa shape index (κ3) is 3.48. The number of fused-ring (bicyclic) bond motifs is 1. The Labute approximate surface area is 165 Å². The largest absolute Gasteiger partial charge is 0.408 e. The van der Waals surface area contributed by atoms with Gasteiger partial charge in [0.15, 0.2) is 5.65 Å². The van der Waals surface area contributed by atoms with Crippen molar-refractivity contribution in [3.8, 4) is 11.1 Å². The number of aryl methyl sites for hydroxylation is 1. The lowest BCUT2D eigenvalue weighted by molar-refractivity contribution is 0.458. The van der Waals surface area contributed by atoms with E-state index in [1.54, 1.807) is 17.5 Å². The van der Waals surface area contributed by atoms with E-state index in [1.807, 2.05) is 18.3 Å². The highest BCUT2D eigenvalue weighted by atomic mass is 19.1. The van der Waals surface area contributed by atoms with Crippen molar-refractivity contribution >= 4 is 17.6 Å². The monoisotopic (exact) mass is 394 g/mol. The van der Waals surface area contributed by atoms with Crippen LogP contribution in [0.4, 0.5) is 16.4 Å². The van der Waals surface area contributed by atoms with Crippen molar-refractivity contribution < 1.29 is 8.81 Å². The van der Waals surface area contributed by atoms with Gasteiger partial charge >= 0.3 is 6.01 Å². The first kappa shape index (κ1) is 17.5. The van der Waals surface area contributed by atoms with Gasteiger partial charge in [-0.15, -0.1) is 10.2 Å². The van der Waals surface area contributed by atoms with E-state index in [4.69, 9.17) is 4.42 Å². The maximum absolute atomic E-state index is 13.1. The number of hydrogen-bond acceptors (Lipinski definition) is 8. The molecule has 4 aromatic rings. The van der Waals surface area contributed by atoms with Crippen molar-refractivity contribution in [2.24, 2.45) is 0 Å². The van der Waals surface area contributed by atoms with Crippen LogP contribution in [0.1, 0.15) is 18.7 Å². The Morgan fingerprint density at radius 3 is 2.76 bits per heavy atom. The first-order valence-electron chi connectivity index (χ1n) is 9.44. The van der Waals surface area contributed by atoms with E-state index < -0.39 is 5.95 Å². The Hall–Kier alpha value is -3.56. The standard InChI is InChI=1S/C19H19FN8O/c1-12-24-25-19(29-12)27-9-6-14(7-10-27)22-18-23-17-15(3-2-8-28(17)26-18)13-4-5-16(20)21-11-13/h2-5,8,11,14H,6-7,9-10H2,1H3,(H,22,26). The van der Waals surface area contributed by atoms with Crippen LogP contribution in [0.2, 0.25) is 0 Å². The molecule has 0 radical (unpaired) electrons. The second kappa shape index (κ2) is 7.12. The van der Waals surface area contributed by atoms with Crippen molar-refractivity contribution in [1.29, 1.82) is 0 Å². The zero-order chi connectivity index (χ0) is 19.8. The molecule has 0 amide bonds. The molecule has 9 nitrogen and oxygen atoms in total. The van der Waals surface area contributed by atoms with Crippen LogP contribution in [0.25, 0.3) is 16.8 Å². The van der Waals surface area contributed by atoms with Crippen LogP contribution < -0.4 is 10.2 Å². The summed E-state index contributed by atoms with van der Waals surface area (Å²) in [5.74, 6) is 0.632. The Morgan fingerprint density at radius 1 is 1.17 bits per heavy atom. The summed E-state index contributed by atoms with van der Waals surface area (Å²) >= 11 is 0. The minimum absolute atomic E-state index is 0.253. The summed E-state index contributed by atoms with van der Waals surface area (Å²) in [5.41, 5.74) is 2.34. The molecule has 0 atom stereocenters. The molecule has 29 heavy (non-hydrogen) atoms. The number of pyridine rings is 2. The van der Waals surface area contributed by atoms with E-state index in [0.29, 0.717) is 23.5 Å². The van der Waals surface area contributed by atoms with Crippen molar-refractivity contribution in [2.45, 2.75) is 25.8 Å². The van der Waals surface area contributed by atoms with E-state index in [1.165, 1.54) is 12.3 Å². The van der Waals surface area contributed by atoms with Crippen LogP contribution in [-0.4, -0.2) is 48.9 Å². The highest BCUT2D eigenvalue weighted by Gasteiger charge is 2.23. The van der Waals surface area contributed by atoms with Gasteiger partial charge in [-0.05, 0) is 37.1 Å². The molecule has 0 aromatic carbocycles. The molecule has 0 unspecified atom stereocenters. The lowest BCUT2D eigenvalue weighted by Gasteiger charge is -2.30. The fourth-order valence-corrected chi connectivity index (χ4v) is 3.54. The van der Waals surface area contributed by atoms with Gasteiger partial charge in [-0.2, -0.15) is 9.37 Å². The third-order valence-electron chi connectivity index (χ3n) is 5.01. The Morgan fingerprint density at radius 2 is 2.03 bits per heavy atom. The van der Waals surface area contributed by atoms with Gasteiger partial charge < -0.3 is 14.6 Å². The number of anilines is 2. The van der Waals surface area contributed by atoms with Gasteiger partial charge in [0.2, 0.25) is 17.8 Å². The van der Waals surface area contributed by atoms with Crippen molar-refractivity contribution in [3.05, 3.63) is 48.5 Å². The number of piperidine rings is 1. The lowest BCUT2D eigenvalue weighted by atomic mass is 10.1. The molecular formula is C19H19FN8O. The van der Waals surface area contributed by atoms with E-state index in [0.717, 1.165) is 37.1 Å². The van der Waals surface area contributed by atoms with Crippen molar-refractivity contribution in [2.75, 3.05) is 23.3 Å². The van der Waals surface area contributed by atoms with E-state index >= 15 is 0 Å². The SMILES string of the molecule is Cc1nnc(N2CCC(Nc3nc4c(-c5ccc(F)nc5)cccn4n3)CC2)o1. The molecule has 1 aliphatic rings. The molecule has 0 saturated carbocycles. The number of hydrogen-bond donors (Lipinski definition) is 1. The molecule has 1 fully saturated rings. The number of nitrogens with zero attached hydrogens (tertiary/aromatic N) is 7. The van der Waals surface area contributed by atoms with Crippen molar-refractivity contribution in [1.82, 2.24) is 29.8 Å². The zero-order valence-electron chi connectivity index (χ0n) is 15.8. The molecular weight excluding hydrogens is 375 g/mol. The topological polar surface area (TPSA) is 97.3 Å². The van der Waals surface area contributed by atoms with Crippen LogP contribution >= 0.6 is 0 Å². The Balaban J connectivity index is 1.31. The molecule has 10 heteroatoms. The molecule has 148 valence electrons. The minimum Gasteiger partial charge on any atom is -0.408 e. The summed E-state index contributed by atoms with van der Waals surface area (Å²) in [6.45, 7) is 3.43. The molecule has 0 spiro atoms. The molecule has 5 heterocycles. The average Bonchev–Trinajstić information content (AvgIpc) is 3.35. The highest BCUT2D eigenvalue weighted by Crippen LogP contribution is 2.25. The fraction of sp³-hybridized carbons (Fsp3) is 0.316. The first-order valence-corrected chi connectivity index (χ1v) is 9.44. The summed E-state index contributed by atoms with van der Waals surface area (Å²) in [6, 6.07) is 7.66. The van der Waals surface area contributed by atoms with Crippen LogP contribution in [0, 0.1) is 12.9 Å². The number of nitrogens with one attached hydrogen (secondary N) is 1. The predicted octanol–water partition coefficient (Wildman–Crippen LogP) is 2.70. The van der Waals surface area contributed by atoms with Crippen LogP contribution in [-0.2, 0) is 0 Å². The van der Waals surface area contributed by atoms with Gasteiger partial charge in [0.05, 0.1) is 0 Å². The third-order valence-corrected chi connectivity index (χ3v) is 5.01. The van der Waals surface area contributed by atoms with Gasteiger partial charge in [-0.1, -0.05) is 5.10 Å². The van der Waals surface area contributed by atoms with E-state index in [2.05, 4.69) is 35.5 Å². The Kier molecular flexibility index (Phi) is 4.30. The second-order valence-electron chi connectivity index (χ2n) is 7.00. The summed E-state index contributed by atoms with van der Waals surface area (Å²) in [7, 11) is 0. The summed E-state index contributed by atoms with van der Waals surface area (Å²) < 4.78 is 20.4. The van der Waals surface area contributed by atoms with Crippen LogP contribution in [0.15, 0.2) is 41.1 Å². The molecule has 0 bridgehead atoms. The molecule has 1 saturated heterocycles. The number of rotatable bonds is 4. The summed E-state index contributed by atoms with van der Waals surface area (Å²) in [5, 5.41) is 15.9. The molecule has 4 aromatic heterocycles. The van der Waals surface area contributed by atoms with E-state index in [9.17, 15) is 4.39 Å². The Bertz CT molecular complexity index is 1130. The van der Waals surface area contributed by atoms with E-state index in [-0.39, 0.29) is 6.04 Å². The zero-order valence-corrected chi connectivity index (χ0v) is 15.8. The quantitative estimate of drug-likeness (QED) is 0.528. The molecule has 0 aliphatic carbocycles. The predicted molar refractivity (Wildman–Crippen MR) is 104 cm³/mol. The van der Waals surface area contributed by atoms with Crippen LogP contribution in [0.5, 0.6) is 0 Å². The number of halogens is 1. The van der Waals surface area contributed by atoms with Gasteiger partial charge in [0.25, 0.3) is 0 Å². The lowest BCUT2D eigenvalue weighted by Crippen LogP contribution is -2.39. The molecule has 5 rings (SSSR count). The minimum atomic E-state index is -0.508. The fourth-order valence-electron chi connectivity index (χ4n) is 3.54. The average molecular weight is 394 g/mol. The van der Waals surface area contributed by atoms with Gasteiger partial charge in [-0.25, -0.2) is 9.50 Å². The maximum Gasteiger partial charge on any atom is 0.318 e. The highest BCUT2D eigenvalue weighted by molar-refractivity contribution is 5.77. The smallest absolute Gasteiger partial charge is 0.318 e. The number of aromatic nitrogens is 6. The summed E-state index contributed by atoms with van der Waals surface area (Å²) in [6.07, 6.45) is 5.16. The first-order chi connectivity index (χ1) is 14.2. The molecule has 1 N–H and O–H groups in total. The van der Waals surface area contributed by atoms with Crippen LogP contribution in [0.3, 0.4) is 0 Å². The summed E-state index contributed by atoms with van der Waals surface area (Å²) in [4.78, 5) is 10.5.